The van der Waals surface area contributed by atoms with Crippen LogP contribution in [0.5, 0.6) is 0 Å². The monoisotopic (exact) mass is 325 g/mol. The molecule has 0 aliphatic heterocycles. The summed E-state index contributed by atoms with van der Waals surface area (Å²) in [4.78, 5) is 23.8. The molecule has 6 nitrogen and oxygen atoms in total. The first-order valence-electron chi connectivity index (χ1n) is 7.33. The molecule has 6 heteroatoms. The summed E-state index contributed by atoms with van der Waals surface area (Å²) in [5.74, 6) is -1.86. The number of hydrogen-bond acceptors (Lipinski definition) is 4. The van der Waals surface area contributed by atoms with Crippen LogP contribution >= 0.6 is 0 Å². The topological polar surface area (TPSA) is 92.7 Å². The number of hydrogen-bond donors (Lipinski definition) is 2. The van der Waals surface area contributed by atoms with Crippen molar-refractivity contribution in [2.75, 3.05) is 6.61 Å². The van der Waals surface area contributed by atoms with Gasteiger partial charge in [0.15, 0.2) is 11.8 Å². The third kappa shape index (κ3) is 2.75. The number of nitrogens with zero attached hydrogens (tertiary/aromatic N) is 1. The fraction of sp³-hybridized carbons (Fsp3) is 0.111. The van der Waals surface area contributed by atoms with Gasteiger partial charge >= 0.3 is 11.7 Å². The number of carboxylic acid groups (broad SMARTS) is 1. The van der Waals surface area contributed by atoms with E-state index in [9.17, 15) is 19.8 Å². The Morgan fingerprint density at radius 1 is 1.00 bits per heavy atom. The van der Waals surface area contributed by atoms with E-state index in [4.69, 9.17) is 4.42 Å². The largest absolute Gasteiger partial charge is 0.480 e. The van der Waals surface area contributed by atoms with E-state index in [-0.39, 0.29) is 5.76 Å². The van der Waals surface area contributed by atoms with E-state index in [0.717, 1.165) is 4.57 Å². The average Bonchev–Trinajstić information content (AvgIpc) is 2.94. The minimum Gasteiger partial charge on any atom is -0.480 e. The van der Waals surface area contributed by atoms with Crippen LogP contribution in [0.2, 0.25) is 0 Å². The van der Waals surface area contributed by atoms with Crippen molar-refractivity contribution in [3.8, 4) is 22.6 Å². The van der Waals surface area contributed by atoms with Crippen LogP contribution in [0.25, 0.3) is 22.6 Å². The van der Waals surface area contributed by atoms with Gasteiger partial charge in [-0.15, -0.1) is 0 Å². The molecule has 2 N–H and O–H groups in total. The molecule has 3 aromatic rings. The molecule has 1 unspecified atom stereocenters. The quantitative estimate of drug-likeness (QED) is 0.751. The maximum absolute atomic E-state index is 12.3. The zero-order valence-electron chi connectivity index (χ0n) is 12.6. The average molecular weight is 325 g/mol. The Labute approximate surface area is 137 Å². The van der Waals surface area contributed by atoms with Crippen LogP contribution < -0.4 is 5.76 Å². The van der Waals surface area contributed by atoms with Crippen LogP contribution in [0.1, 0.15) is 6.04 Å². The second kappa shape index (κ2) is 6.55. The van der Waals surface area contributed by atoms with E-state index >= 15 is 0 Å². The molecular formula is C18H15NO5. The number of carboxylic acids is 1. The van der Waals surface area contributed by atoms with Gasteiger partial charge < -0.3 is 14.6 Å². The van der Waals surface area contributed by atoms with E-state index in [1.165, 1.54) is 0 Å². The Morgan fingerprint density at radius 3 is 2.04 bits per heavy atom. The van der Waals surface area contributed by atoms with Crippen LogP contribution in [-0.2, 0) is 4.79 Å². The second-order valence-electron chi connectivity index (χ2n) is 5.18. The third-order valence-electron chi connectivity index (χ3n) is 3.69. The van der Waals surface area contributed by atoms with E-state index in [1.54, 1.807) is 48.5 Å². The minimum absolute atomic E-state index is 0.270. The van der Waals surface area contributed by atoms with Crippen LogP contribution in [0.4, 0.5) is 0 Å². The predicted molar refractivity (Wildman–Crippen MR) is 87.6 cm³/mol. The lowest BCUT2D eigenvalue weighted by molar-refractivity contribution is -0.142. The molecule has 0 amide bonds. The second-order valence-corrected chi connectivity index (χ2v) is 5.18. The highest BCUT2D eigenvalue weighted by Crippen LogP contribution is 2.33. The van der Waals surface area contributed by atoms with Crippen molar-refractivity contribution in [3.63, 3.8) is 0 Å². The summed E-state index contributed by atoms with van der Waals surface area (Å²) >= 11 is 0. The van der Waals surface area contributed by atoms with Crippen molar-refractivity contribution >= 4 is 5.97 Å². The number of rotatable bonds is 5. The number of aliphatic hydroxyl groups is 1. The molecule has 0 bridgehead atoms. The third-order valence-corrected chi connectivity index (χ3v) is 3.69. The molecule has 1 heterocycles. The van der Waals surface area contributed by atoms with Gasteiger partial charge in [-0.05, 0) is 0 Å². The zero-order valence-corrected chi connectivity index (χ0v) is 12.6. The number of aliphatic hydroxyl groups excluding tert-OH is 1. The Hall–Kier alpha value is -3.12. The van der Waals surface area contributed by atoms with Gasteiger partial charge in [-0.25, -0.2) is 9.59 Å². The van der Waals surface area contributed by atoms with Gasteiger partial charge in [0.2, 0.25) is 0 Å². The summed E-state index contributed by atoms with van der Waals surface area (Å²) in [6, 6.07) is 16.4. The highest BCUT2D eigenvalue weighted by molar-refractivity contribution is 5.80. The number of oxazole rings is 1. The summed E-state index contributed by atoms with van der Waals surface area (Å²) in [7, 11) is 0. The zero-order chi connectivity index (χ0) is 17.1. The maximum Gasteiger partial charge on any atom is 0.420 e. The van der Waals surface area contributed by atoms with E-state index in [0.29, 0.717) is 16.8 Å². The molecule has 2 aromatic carbocycles. The normalized spacial score (nSPS) is 12.0. The molecular weight excluding hydrogens is 310 g/mol. The lowest BCUT2D eigenvalue weighted by atomic mass is 10.0. The standard InChI is InChI=1S/C18H15NO5/c20-11-14(17(21)22)19-15(12-7-3-1-4-8-12)16(24-18(19)23)13-9-5-2-6-10-13/h1-10,14,20H,11H2,(H,21,22). The van der Waals surface area contributed by atoms with Gasteiger partial charge in [0.05, 0.1) is 12.3 Å². The predicted octanol–water partition coefficient (Wildman–Crippen LogP) is 2.39. The Balaban J connectivity index is 2.33. The first-order valence-corrected chi connectivity index (χ1v) is 7.33. The highest BCUT2D eigenvalue weighted by Gasteiger charge is 2.29. The molecule has 1 atom stereocenters. The first-order chi connectivity index (χ1) is 11.6. The van der Waals surface area contributed by atoms with Crippen molar-refractivity contribution in [1.82, 2.24) is 4.57 Å². The lowest BCUT2D eigenvalue weighted by Gasteiger charge is -2.13. The van der Waals surface area contributed by atoms with Gasteiger partial charge in [0.25, 0.3) is 0 Å². The molecule has 0 aliphatic carbocycles. The van der Waals surface area contributed by atoms with Crippen molar-refractivity contribution in [1.29, 1.82) is 0 Å². The maximum atomic E-state index is 12.3. The molecule has 0 aliphatic rings. The van der Waals surface area contributed by atoms with Gasteiger partial charge in [-0.3, -0.25) is 4.57 Å². The molecule has 0 radical (unpaired) electrons. The van der Waals surface area contributed by atoms with Crippen molar-refractivity contribution in [2.24, 2.45) is 0 Å². The van der Waals surface area contributed by atoms with Crippen LogP contribution in [0, 0.1) is 0 Å². The van der Waals surface area contributed by atoms with E-state index in [2.05, 4.69) is 0 Å². The summed E-state index contributed by atoms with van der Waals surface area (Å²) in [6.45, 7) is -0.719. The van der Waals surface area contributed by atoms with Crippen molar-refractivity contribution in [3.05, 3.63) is 71.2 Å². The molecule has 0 saturated heterocycles. The summed E-state index contributed by atoms with van der Waals surface area (Å²) < 4.78 is 6.34. The Bertz CT molecular complexity index is 896. The van der Waals surface area contributed by atoms with Crippen LogP contribution in [-0.4, -0.2) is 27.4 Å². The van der Waals surface area contributed by atoms with Crippen molar-refractivity contribution < 1.29 is 19.4 Å². The molecule has 24 heavy (non-hydrogen) atoms. The molecule has 0 spiro atoms. The van der Waals surface area contributed by atoms with Gasteiger partial charge in [0.1, 0.15) is 0 Å². The van der Waals surface area contributed by atoms with Crippen LogP contribution in [0.3, 0.4) is 0 Å². The van der Waals surface area contributed by atoms with E-state index < -0.39 is 24.4 Å². The van der Waals surface area contributed by atoms with E-state index in [1.807, 2.05) is 12.1 Å². The number of aliphatic carboxylic acids is 1. The fourth-order valence-corrected chi connectivity index (χ4v) is 2.59. The Morgan fingerprint density at radius 2 is 1.54 bits per heavy atom. The molecule has 0 fully saturated rings. The molecule has 1 aromatic heterocycles. The Kier molecular flexibility index (Phi) is 4.31. The van der Waals surface area contributed by atoms with Crippen molar-refractivity contribution in [2.45, 2.75) is 6.04 Å². The molecule has 3 rings (SSSR count). The highest BCUT2D eigenvalue weighted by atomic mass is 16.4. The number of carbonyl (C=O) groups is 1. The lowest BCUT2D eigenvalue weighted by Crippen LogP contribution is -2.30. The summed E-state index contributed by atoms with van der Waals surface area (Å²) in [5, 5.41) is 18.8. The summed E-state index contributed by atoms with van der Waals surface area (Å²) in [6.07, 6.45) is 0. The first kappa shape index (κ1) is 15.8. The number of aromatic nitrogens is 1. The van der Waals surface area contributed by atoms with Gasteiger partial charge in [0, 0.05) is 11.1 Å². The smallest absolute Gasteiger partial charge is 0.420 e. The fourth-order valence-electron chi connectivity index (χ4n) is 2.59. The number of benzene rings is 2. The molecule has 0 saturated carbocycles. The van der Waals surface area contributed by atoms with Gasteiger partial charge in [-0.2, -0.15) is 0 Å². The van der Waals surface area contributed by atoms with Gasteiger partial charge in [-0.1, -0.05) is 60.7 Å². The van der Waals surface area contributed by atoms with Crippen LogP contribution in [0.15, 0.2) is 69.9 Å². The molecule has 122 valence electrons. The SMILES string of the molecule is O=C(O)C(CO)n1c(-c2ccccc2)c(-c2ccccc2)oc1=O. The minimum atomic E-state index is -1.42. The summed E-state index contributed by atoms with van der Waals surface area (Å²) in [5.41, 5.74) is 1.60.